The molecule has 6 heteroatoms. The molecule has 32 heavy (non-hydrogen) atoms. The van der Waals surface area contributed by atoms with E-state index < -0.39 is 30.1 Å². The molecule has 0 atom stereocenters. The Kier molecular flexibility index (Phi) is 5.81. The number of aryl methyl sites for hydroxylation is 1. The average molecular weight is 491 g/mol. The van der Waals surface area contributed by atoms with Crippen LogP contribution in [0.4, 0.5) is 0 Å². The van der Waals surface area contributed by atoms with Crippen LogP contribution in [0.5, 0.6) is 0 Å². The summed E-state index contributed by atoms with van der Waals surface area (Å²) in [6.07, 6.45) is 2.30. The molecule has 2 aromatic heterocycles. The number of fused-ring (bicyclic) bond motifs is 3. The molecule has 0 spiro atoms. The van der Waals surface area contributed by atoms with Gasteiger partial charge in [0.1, 0.15) is 11.2 Å². The first-order chi connectivity index (χ1) is 14.9. The summed E-state index contributed by atoms with van der Waals surface area (Å²) in [7, 11) is -3.17. The maximum absolute atomic E-state index is 6.14. The van der Waals surface area contributed by atoms with Gasteiger partial charge in [0, 0.05) is 46.0 Å². The molecule has 0 aliphatic carbocycles. The maximum Gasteiger partial charge on any atom is 0.136 e. The quantitative estimate of drug-likeness (QED) is 0.275. The van der Waals surface area contributed by atoms with Gasteiger partial charge in [-0.15, -0.1) is 0 Å². The van der Waals surface area contributed by atoms with Crippen molar-refractivity contribution >= 4 is 57.2 Å². The predicted octanol–water partition coefficient (Wildman–Crippen LogP) is 7.28. The molecule has 1 radical (unpaired) electrons. The van der Waals surface area contributed by atoms with Crippen LogP contribution in [0.15, 0.2) is 59.1 Å². The summed E-state index contributed by atoms with van der Waals surface area (Å²) in [6.45, 7) is 21.8. The van der Waals surface area contributed by atoms with E-state index in [0.717, 1.165) is 22.4 Å². The number of aromatic nitrogens is 1. The molecule has 0 aliphatic heterocycles. The molecule has 2 nitrogen and oxygen atoms in total. The molecule has 0 aliphatic rings. The Morgan fingerprint density at radius 1 is 0.781 bits per heavy atom. The third-order valence-corrected chi connectivity index (χ3v) is 70.9. The summed E-state index contributed by atoms with van der Waals surface area (Å²) in [5.41, 5.74) is 5.54. The largest absolute Gasteiger partial charge is 0.456 e. The standard InChI is InChI=1S/C26H36NOSi4/c1-19-16-23(20-14-15-22-21-12-10-11-13-24(21)28-25(22)17-20)27-18-26(19)32(29(2)3,30(4,5)6)31(7,8)9/h10-18H,1-9H3. The first-order valence-corrected chi connectivity index (χ1v) is 26.1. The van der Waals surface area contributed by atoms with E-state index in [1.54, 1.807) is 5.19 Å². The Balaban J connectivity index is 1.86. The van der Waals surface area contributed by atoms with Gasteiger partial charge in [-0.25, -0.2) is 0 Å². The lowest BCUT2D eigenvalue weighted by Crippen LogP contribution is -2.84. The SMILES string of the molecule is Cc1cc(-c2ccc3c(c2)oc2ccccc23)ncc1[Si]([Si](C)C)([Si](C)(C)C)[Si](C)(C)C. The predicted molar refractivity (Wildman–Crippen MR) is 151 cm³/mol. The molecule has 0 unspecified atom stereocenters. The Bertz CT molecular complexity index is 1280. The summed E-state index contributed by atoms with van der Waals surface area (Å²) in [4.78, 5) is 5.10. The fourth-order valence-electron chi connectivity index (χ4n) is 6.69. The molecule has 0 bridgehead atoms. The molecular weight excluding hydrogens is 455 g/mol. The number of pyridine rings is 1. The summed E-state index contributed by atoms with van der Waals surface area (Å²) in [5.74, 6) is 0. The van der Waals surface area contributed by atoms with Crippen molar-refractivity contribution in [1.29, 1.82) is 0 Å². The van der Waals surface area contributed by atoms with Gasteiger partial charge in [-0.1, -0.05) is 76.6 Å². The average Bonchev–Trinajstić information content (AvgIpc) is 3.05. The minimum atomic E-state index is -1.59. The van der Waals surface area contributed by atoms with E-state index in [0.29, 0.717) is 0 Å². The number of hydrogen-bond acceptors (Lipinski definition) is 2. The van der Waals surface area contributed by atoms with E-state index in [4.69, 9.17) is 9.40 Å². The molecule has 2 heterocycles. The topological polar surface area (TPSA) is 26.0 Å². The van der Waals surface area contributed by atoms with Crippen LogP contribution in [0.25, 0.3) is 33.2 Å². The highest BCUT2D eigenvalue weighted by molar-refractivity contribution is 7.89. The van der Waals surface area contributed by atoms with E-state index in [2.05, 4.69) is 102 Å². The smallest absolute Gasteiger partial charge is 0.136 e. The summed E-state index contributed by atoms with van der Waals surface area (Å²) in [6, 6.07) is 17.2. The lowest BCUT2D eigenvalue weighted by atomic mass is 10.1. The number of para-hydroxylation sites is 1. The monoisotopic (exact) mass is 490 g/mol. The number of benzene rings is 2. The molecule has 4 rings (SSSR count). The zero-order valence-electron chi connectivity index (χ0n) is 21.1. The van der Waals surface area contributed by atoms with Crippen LogP contribution in [0, 0.1) is 6.92 Å². The summed E-state index contributed by atoms with van der Waals surface area (Å²) >= 11 is 0. The minimum absolute atomic E-state index is 0.434. The van der Waals surface area contributed by atoms with Gasteiger partial charge in [-0.3, -0.25) is 4.98 Å². The van der Waals surface area contributed by atoms with Crippen molar-refractivity contribution in [2.45, 2.75) is 59.3 Å². The van der Waals surface area contributed by atoms with Crippen molar-refractivity contribution in [2.75, 3.05) is 0 Å². The maximum atomic E-state index is 6.14. The van der Waals surface area contributed by atoms with Crippen LogP contribution in [0.2, 0.25) is 52.4 Å². The zero-order chi connectivity index (χ0) is 23.5. The molecular formula is C26H36NOSi4. The van der Waals surface area contributed by atoms with Crippen LogP contribution in [0.1, 0.15) is 5.56 Å². The second-order valence-corrected chi connectivity index (χ2v) is 47.7. The van der Waals surface area contributed by atoms with Crippen molar-refractivity contribution < 1.29 is 4.42 Å². The van der Waals surface area contributed by atoms with Gasteiger partial charge in [0.05, 0.1) is 12.3 Å². The van der Waals surface area contributed by atoms with Gasteiger partial charge < -0.3 is 4.42 Å². The normalized spacial score (nSPS) is 13.4. The van der Waals surface area contributed by atoms with Crippen molar-refractivity contribution in [3.63, 3.8) is 0 Å². The van der Waals surface area contributed by atoms with Gasteiger partial charge in [-0.2, -0.15) is 0 Å². The molecule has 0 N–H and O–H groups in total. The van der Waals surface area contributed by atoms with Gasteiger partial charge in [-0.05, 0) is 41.9 Å². The Morgan fingerprint density at radius 3 is 2.00 bits per heavy atom. The number of nitrogens with zero attached hydrogens (tertiary/aromatic N) is 1. The molecule has 4 aromatic rings. The van der Waals surface area contributed by atoms with Crippen LogP contribution in [0.3, 0.4) is 0 Å². The second-order valence-electron chi connectivity index (χ2n) is 11.4. The van der Waals surface area contributed by atoms with E-state index in [9.17, 15) is 0 Å². The fourth-order valence-corrected chi connectivity index (χ4v) is 86.8. The highest BCUT2D eigenvalue weighted by Gasteiger charge is 2.58. The van der Waals surface area contributed by atoms with Gasteiger partial charge in [0.25, 0.3) is 0 Å². The van der Waals surface area contributed by atoms with Crippen molar-refractivity contribution in [1.82, 2.24) is 4.98 Å². The third kappa shape index (κ3) is 3.52. The Morgan fingerprint density at radius 2 is 1.41 bits per heavy atom. The van der Waals surface area contributed by atoms with Crippen LogP contribution < -0.4 is 5.19 Å². The van der Waals surface area contributed by atoms with Gasteiger partial charge in [0.2, 0.25) is 0 Å². The van der Waals surface area contributed by atoms with E-state index >= 15 is 0 Å². The van der Waals surface area contributed by atoms with Crippen LogP contribution in [-0.2, 0) is 0 Å². The molecule has 0 fully saturated rings. The highest BCUT2D eigenvalue weighted by atomic mass is 29.9. The van der Waals surface area contributed by atoms with Crippen LogP contribution in [-0.4, -0.2) is 35.1 Å². The molecule has 0 saturated heterocycles. The molecule has 0 amide bonds. The highest BCUT2D eigenvalue weighted by Crippen LogP contribution is 2.34. The van der Waals surface area contributed by atoms with Gasteiger partial charge >= 0.3 is 0 Å². The van der Waals surface area contributed by atoms with Crippen molar-refractivity contribution in [3.05, 3.63) is 60.3 Å². The third-order valence-electron chi connectivity index (χ3n) is 7.19. The van der Waals surface area contributed by atoms with Crippen LogP contribution >= 0.6 is 0 Å². The Hall–Kier alpha value is -1.74. The lowest BCUT2D eigenvalue weighted by Gasteiger charge is -2.53. The van der Waals surface area contributed by atoms with E-state index in [1.807, 2.05) is 12.1 Å². The summed E-state index contributed by atoms with van der Waals surface area (Å²) < 4.78 is 6.14. The number of furan rings is 1. The van der Waals surface area contributed by atoms with E-state index in [-0.39, 0.29) is 0 Å². The zero-order valence-corrected chi connectivity index (χ0v) is 25.1. The van der Waals surface area contributed by atoms with Gasteiger partial charge in [0.15, 0.2) is 0 Å². The van der Waals surface area contributed by atoms with E-state index in [1.165, 1.54) is 16.3 Å². The fraction of sp³-hybridized carbons (Fsp3) is 0.346. The first kappa shape index (κ1) is 23.4. The Labute approximate surface area is 197 Å². The summed E-state index contributed by atoms with van der Waals surface area (Å²) in [5, 5.41) is 4.02. The first-order valence-electron chi connectivity index (χ1n) is 11.6. The number of rotatable bonds is 5. The van der Waals surface area contributed by atoms with Crippen molar-refractivity contribution in [2.24, 2.45) is 0 Å². The number of hydrogen-bond donors (Lipinski definition) is 0. The molecule has 167 valence electrons. The lowest BCUT2D eigenvalue weighted by molar-refractivity contribution is 0.669. The van der Waals surface area contributed by atoms with Crippen molar-refractivity contribution in [3.8, 4) is 11.3 Å². The second kappa shape index (κ2) is 7.94. The minimum Gasteiger partial charge on any atom is -0.456 e. The molecule has 2 aromatic carbocycles. The molecule has 0 saturated carbocycles.